The number of nitrogens with zero attached hydrogens (tertiary/aromatic N) is 7. The third kappa shape index (κ3) is 8.55. The number of hydrogen-bond acceptors (Lipinski definition) is 9. The van der Waals surface area contributed by atoms with Gasteiger partial charge in [-0.15, -0.1) is 0 Å². The Kier molecular flexibility index (Phi) is 11.0. The van der Waals surface area contributed by atoms with Gasteiger partial charge < -0.3 is 10.1 Å². The minimum absolute atomic E-state index is 0.00197. The van der Waals surface area contributed by atoms with Crippen LogP contribution in [0.4, 0.5) is 32.2 Å². The number of fused-ring (bicyclic) bond motifs is 5. The Morgan fingerprint density at radius 1 is 1.06 bits per heavy atom. The Bertz CT molecular complexity index is 2990. The zero-order valence-corrected chi connectivity index (χ0v) is 35.9. The summed E-state index contributed by atoms with van der Waals surface area (Å²) in [5.74, 6) is -9.03. The highest BCUT2D eigenvalue weighted by Gasteiger charge is 2.67. The first-order valence-corrected chi connectivity index (χ1v) is 22.0. The molecule has 63 heavy (non-hydrogen) atoms. The number of benzene rings is 2. The van der Waals surface area contributed by atoms with E-state index in [-0.39, 0.29) is 79.7 Å². The molecule has 334 valence electrons. The van der Waals surface area contributed by atoms with E-state index in [0.717, 1.165) is 29.4 Å². The molecule has 6 aromatic rings. The van der Waals surface area contributed by atoms with Gasteiger partial charge in [0.25, 0.3) is 17.9 Å². The molecule has 3 atom stereocenters. The van der Waals surface area contributed by atoms with Crippen LogP contribution in [0.2, 0.25) is 5.02 Å². The van der Waals surface area contributed by atoms with Gasteiger partial charge in [0.15, 0.2) is 11.5 Å². The second-order valence-electron chi connectivity index (χ2n) is 17.1. The number of carbonyl (C=O) groups is 1. The van der Waals surface area contributed by atoms with Gasteiger partial charge in [0.1, 0.15) is 35.4 Å². The Morgan fingerprint density at radius 3 is 2.44 bits per heavy atom. The van der Waals surface area contributed by atoms with Crippen LogP contribution in [0, 0.1) is 23.0 Å². The summed E-state index contributed by atoms with van der Waals surface area (Å²) in [6.45, 7) is 5.51. The summed E-state index contributed by atoms with van der Waals surface area (Å²) in [4.78, 5) is 38.3. The largest absolute Gasteiger partial charge is 0.478 e. The number of hydrogen-bond donors (Lipinski definition) is 2. The first-order chi connectivity index (χ1) is 29.5. The third-order valence-electron chi connectivity index (χ3n) is 11.0. The SMILES string of the molecule is Cn1nc(NS(C)(=O)=O)c2c(Cl)ccc(-n3c([C@H](Cc4cc(F)cc(F)c4)NC(=O)Cn4nc(C(F)F)c5c4C(F)(F)[C@@H]4C[C@H]54)nc4nc(OCCCC(C)(C)C)ccc4c3=O)c21. The molecule has 1 saturated carbocycles. The highest BCUT2D eigenvalue weighted by atomic mass is 35.5. The van der Waals surface area contributed by atoms with Crippen molar-refractivity contribution in [2.75, 3.05) is 17.6 Å². The van der Waals surface area contributed by atoms with Crippen LogP contribution in [0.25, 0.3) is 27.6 Å². The van der Waals surface area contributed by atoms with E-state index >= 15 is 8.78 Å². The number of carbonyl (C=O) groups excluding carboxylic acids is 1. The maximum Gasteiger partial charge on any atom is 0.293 e. The minimum Gasteiger partial charge on any atom is -0.478 e. The van der Waals surface area contributed by atoms with Gasteiger partial charge in [-0.2, -0.15) is 24.0 Å². The number of rotatable bonds is 14. The molecule has 2 aliphatic rings. The number of nitrogens with one attached hydrogen (secondary N) is 2. The lowest BCUT2D eigenvalue weighted by atomic mass is 9.91. The van der Waals surface area contributed by atoms with E-state index in [1.54, 1.807) is 0 Å². The molecule has 2 N–H and O–H groups in total. The Hall–Kier alpha value is -5.70. The lowest BCUT2D eigenvalue weighted by molar-refractivity contribution is -0.123. The molecule has 2 aromatic carbocycles. The predicted molar refractivity (Wildman–Crippen MR) is 220 cm³/mol. The molecule has 0 bridgehead atoms. The molecule has 22 heteroatoms. The predicted octanol–water partition coefficient (Wildman–Crippen LogP) is 7.62. The molecule has 1 amide bonds. The van der Waals surface area contributed by atoms with Crippen molar-refractivity contribution in [1.29, 1.82) is 0 Å². The normalized spacial score (nSPS) is 17.3. The van der Waals surface area contributed by atoms with Crippen LogP contribution in [0.5, 0.6) is 5.88 Å². The molecule has 0 spiro atoms. The second-order valence-corrected chi connectivity index (χ2v) is 19.2. The molecular weight excluding hydrogens is 880 g/mol. The van der Waals surface area contributed by atoms with Crippen molar-refractivity contribution in [3.05, 3.63) is 97.8 Å². The summed E-state index contributed by atoms with van der Waals surface area (Å²) in [6.07, 6.45) is -1.31. The summed E-state index contributed by atoms with van der Waals surface area (Å²) in [5.41, 5.74) is -2.83. The number of aromatic nitrogens is 7. The lowest BCUT2D eigenvalue weighted by Crippen LogP contribution is -2.38. The van der Waals surface area contributed by atoms with Gasteiger partial charge in [-0.1, -0.05) is 32.4 Å². The molecular formula is C41H40ClF6N9O5S. The summed E-state index contributed by atoms with van der Waals surface area (Å²) >= 11 is 6.62. The van der Waals surface area contributed by atoms with E-state index in [9.17, 15) is 35.6 Å². The summed E-state index contributed by atoms with van der Waals surface area (Å²) in [6, 6.07) is 6.67. The number of sulfonamides is 1. The quantitative estimate of drug-likeness (QED) is 0.0825. The van der Waals surface area contributed by atoms with Crippen molar-refractivity contribution >= 4 is 55.3 Å². The van der Waals surface area contributed by atoms with Crippen LogP contribution >= 0.6 is 11.6 Å². The molecule has 8 rings (SSSR count). The van der Waals surface area contributed by atoms with Crippen LogP contribution in [-0.2, 0) is 40.8 Å². The van der Waals surface area contributed by atoms with Gasteiger partial charge in [0.2, 0.25) is 21.8 Å². The van der Waals surface area contributed by atoms with Crippen molar-refractivity contribution in [1.82, 2.24) is 39.4 Å². The van der Waals surface area contributed by atoms with E-state index in [0.29, 0.717) is 17.2 Å². The molecule has 14 nitrogen and oxygen atoms in total. The van der Waals surface area contributed by atoms with E-state index in [2.05, 4.69) is 46.0 Å². The van der Waals surface area contributed by atoms with Crippen molar-refractivity contribution in [2.24, 2.45) is 18.4 Å². The Balaban J connectivity index is 1.30. The Morgan fingerprint density at radius 2 is 1.78 bits per heavy atom. The highest BCUT2D eigenvalue weighted by Crippen LogP contribution is 2.68. The smallest absolute Gasteiger partial charge is 0.293 e. The van der Waals surface area contributed by atoms with E-state index < -0.39 is 87.7 Å². The maximum atomic E-state index is 15.5. The average Bonchev–Trinajstić information content (AvgIpc) is 3.71. The molecule has 0 saturated heterocycles. The number of halogens is 7. The second kappa shape index (κ2) is 15.8. The van der Waals surface area contributed by atoms with Gasteiger partial charge in [-0.3, -0.25) is 28.2 Å². The number of alkyl halides is 4. The van der Waals surface area contributed by atoms with E-state index in [1.807, 2.05) is 0 Å². The van der Waals surface area contributed by atoms with Crippen molar-refractivity contribution < 1.29 is 44.3 Å². The number of pyridine rings is 1. The zero-order valence-electron chi connectivity index (χ0n) is 34.3. The lowest BCUT2D eigenvalue weighted by Gasteiger charge is -2.24. The molecule has 0 radical (unpaired) electrons. The first kappa shape index (κ1) is 43.9. The Labute approximate surface area is 360 Å². The van der Waals surface area contributed by atoms with Crippen molar-refractivity contribution in [3.63, 3.8) is 0 Å². The fourth-order valence-electron chi connectivity index (χ4n) is 8.30. The first-order valence-electron chi connectivity index (χ1n) is 19.7. The molecule has 0 aliphatic heterocycles. The molecule has 0 unspecified atom stereocenters. The summed E-state index contributed by atoms with van der Waals surface area (Å²) < 4.78 is 125. The van der Waals surface area contributed by atoms with Crippen LogP contribution in [0.1, 0.15) is 86.8 Å². The van der Waals surface area contributed by atoms with Crippen LogP contribution < -0.4 is 20.3 Å². The van der Waals surface area contributed by atoms with E-state index in [4.69, 9.17) is 21.3 Å². The van der Waals surface area contributed by atoms with Gasteiger partial charge in [-0.05, 0) is 66.5 Å². The summed E-state index contributed by atoms with van der Waals surface area (Å²) in [5, 5.41) is 10.7. The van der Waals surface area contributed by atoms with Gasteiger partial charge in [-0.25, -0.2) is 31.0 Å². The monoisotopic (exact) mass is 919 g/mol. The van der Waals surface area contributed by atoms with Crippen LogP contribution in [0.3, 0.4) is 0 Å². The van der Waals surface area contributed by atoms with Gasteiger partial charge >= 0.3 is 0 Å². The third-order valence-corrected chi connectivity index (χ3v) is 11.8. The zero-order chi connectivity index (χ0) is 45.5. The van der Waals surface area contributed by atoms with Crippen molar-refractivity contribution in [3.8, 4) is 11.6 Å². The molecule has 4 aromatic heterocycles. The number of anilines is 1. The topological polar surface area (TPSA) is 168 Å². The standard InChI is InChI=1S/C41H40ClF6N9O5S/c1-40(2,3)11-6-12-62-29-10-7-22-36(50-29)51-38(57(39(22)59)27-9-8-25(42)31-33(27)55(4)53-37(31)54-63(5,60)61)26(15-19-13-20(43)16-21(44)14-19)49-28(58)18-56-34-30(32(52-56)35(45)46)23-17-24(23)41(34,47)48/h7-10,13-14,16,23-24,26,35H,6,11-12,15,17-18H2,1-5H3,(H,49,58)(H,53,54)/t23-,24+,26-/m0/s1. The minimum atomic E-state index is -3.91. The van der Waals surface area contributed by atoms with Gasteiger partial charge in [0, 0.05) is 37.1 Å². The van der Waals surface area contributed by atoms with Crippen LogP contribution in [0.15, 0.2) is 47.3 Å². The number of aryl methyl sites for hydroxylation is 1. The van der Waals surface area contributed by atoms with Crippen molar-refractivity contribution in [2.45, 2.75) is 77.3 Å². The molecule has 4 heterocycles. The van der Waals surface area contributed by atoms with E-state index in [1.165, 1.54) is 36.0 Å². The van der Waals surface area contributed by atoms with Crippen LogP contribution in [-0.4, -0.2) is 61.3 Å². The number of ether oxygens (including phenoxy) is 1. The van der Waals surface area contributed by atoms with Gasteiger partial charge in [0.05, 0.1) is 45.9 Å². The average molecular weight is 920 g/mol. The molecule has 2 aliphatic carbocycles. The number of amides is 1. The fraction of sp³-hybridized carbons (Fsp3) is 0.415. The molecule has 1 fully saturated rings. The maximum absolute atomic E-state index is 15.5. The summed E-state index contributed by atoms with van der Waals surface area (Å²) in [7, 11) is -2.47. The fourth-order valence-corrected chi connectivity index (χ4v) is 9.04. The highest BCUT2D eigenvalue weighted by molar-refractivity contribution is 7.92.